The van der Waals surface area contributed by atoms with E-state index in [9.17, 15) is 29.4 Å². The van der Waals surface area contributed by atoms with Crippen LogP contribution in [0.5, 0.6) is 0 Å². The van der Waals surface area contributed by atoms with E-state index in [0.29, 0.717) is 119 Å². The maximum atomic E-state index is 12.9. The lowest BCUT2D eigenvalue weighted by molar-refractivity contribution is 0.0370. The van der Waals surface area contributed by atoms with Crippen molar-refractivity contribution in [2.45, 2.75) is 24.3 Å². The van der Waals surface area contributed by atoms with Crippen LogP contribution in [0.2, 0.25) is 20.1 Å². The summed E-state index contributed by atoms with van der Waals surface area (Å²) in [5.41, 5.74) is 14.5. The maximum Gasteiger partial charge on any atom is 0.256 e. The molecule has 0 radical (unpaired) electrons. The van der Waals surface area contributed by atoms with Crippen LogP contribution in [-0.4, -0.2) is 166 Å². The van der Waals surface area contributed by atoms with Gasteiger partial charge in [0.15, 0.2) is 0 Å². The molecule has 0 aromatic heterocycles. The van der Waals surface area contributed by atoms with Crippen LogP contribution in [0.15, 0.2) is 84.9 Å². The molecule has 4 aliphatic rings. The zero-order valence-electron chi connectivity index (χ0n) is 33.8. The summed E-state index contributed by atoms with van der Waals surface area (Å²) in [4.78, 5) is 62.3. The number of anilines is 2. The zero-order chi connectivity index (χ0) is 44.2. The fourth-order valence-corrected chi connectivity index (χ4v) is 8.96. The molecule has 4 aliphatic heterocycles. The van der Waals surface area contributed by atoms with E-state index in [1.54, 1.807) is 105 Å². The van der Waals surface area contributed by atoms with Gasteiger partial charge in [-0.2, -0.15) is 0 Å². The number of nitrogens with two attached hydrogens (primary N) is 2. The number of halogens is 4. The Bertz CT molecular complexity index is 2270. The van der Waals surface area contributed by atoms with Crippen molar-refractivity contribution in [2.75, 3.05) is 90.0 Å². The van der Waals surface area contributed by atoms with Gasteiger partial charge in [-0.15, -0.1) is 0 Å². The Hall–Kier alpha value is -4.64. The molecule has 328 valence electrons. The van der Waals surface area contributed by atoms with Gasteiger partial charge < -0.3 is 41.3 Å². The molecule has 4 fully saturated rings. The van der Waals surface area contributed by atoms with Crippen molar-refractivity contribution in [3.63, 3.8) is 0 Å². The van der Waals surface area contributed by atoms with Crippen molar-refractivity contribution < 1.29 is 29.4 Å². The third-order valence-corrected chi connectivity index (χ3v) is 13.0. The van der Waals surface area contributed by atoms with Gasteiger partial charge in [-0.1, -0.05) is 46.4 Å². The molecule has 18 heteroatoms. The quantitative estimate of drug-likeness (QED) is 0.202. The highest BCUT2D eigenvalue weighted by atomic mass is 35.5. The summed E-state index contributed by atoms with van der Waals surface area (Å²) >= 11 is 23.7. The maximum absolute atomic E-state index is 12.9. The summed E-state index contributed by atoms with van der Waals surface area (Å²) in [5.74, 6) is -0.451. The number of benzene rings is 4. The number of amides is 4. The van der Waals surface area contributed by atoms with Crippen LogP contribution in [0.25, 0.3) is 0 Å². The number of aliphatic hydroxyl groups excluding tert-OH is 2. The fourth-order valence-electron chi connectivity index (χ4n) is 8.41. The van der Waals surface area contributed by atoms with E-state index >= 15 is 0 Å². The predicted molar refractivity (Wildman–Crippen MR) is 241 cm³/mol. The van der Waals surface area contributed by atoms with E-state index in [1.807, 2.05) is 0 Å². The molecule has 0 aliphatic carbocycles. The molecule has 0 spiro atoms. The average molecular weight is 927 g/mol. The molecule has 4 heterocycles. The molecule has 4 aromatic rings. The number of hydrogen-bond acceptors (Lipinski definition) is 10. The van der Waals surface area contributed by atoms with E-state index in [0.717, 1.165) is 0 Å². The Morgan fingerprint density at radius 3 is 1.29 bits per heavy atom. The molecule has 4 aromatic carbocycles. The lowest BCUT2D eigenvalue weighted by Gasteiger charge is -2.38. The number of aliphatic hydroxyl groups is 2. The number of nitrogen functional groups attached to an aromatic ring is 2. The summed E-state index contributed by atoms with van der Waals surface area (Å²) in [7, 11) is 0. The third kappa shape index (κ3) is 10.4. The number of carbonyl (C=O) groups excluding carboxylic acids is 4. The normalized spacial score (nSPS) is 22.0. The summed E-state index contributed by atoms with van der Waals surface area (Å²) in [6.45, 7) is 6.11. The molecule has 8 rings (SSSR count). The highest BCUT2D eigenvalue weighted by molar-refractivity contribution is 6.33. The minimum absolute atomic E-state index is 0.0274. The van der Waals surface area contributed by atoms with E-state index in [2.05, 4.69) is 9.80 Å². The van der Waals surface area contributed by atoms with Crippen LogP contribution in [-0.2, 0) is 0 Å². The smallest absolute Gasteiger partial charge is 0.256 e. The Morgan fingerprint density at radius 1 is 0.452 bits per heavy atom. The van der Waals surface area contributed by atoms with Crippen molar-refractivity contribution in [3.8, 4) is 0 Å². The first-order chi connectivity index (χ1) is 29.7. The molecule has 0 saturated carbocycles. The largest absolute Gasteiger partial charge is 0.398 e. The number of nitrogens with zero attached hydrogens (tertiary/aromatic N) is 6. The van der Waals surface area contributed by atoms with Gasteiger partial charge in [-0.05, 0) is 84.9 Å². The number of rotatable bonds is 6. The van der Waals surface area contributed by atoms with Crippen LogP contribution in [0, 0.1) is 0 Å². The van der Waals surface area contributed by atoms with Crippen molar-refractivity contribution >= 4 is 81.4 Å². The van der Waals surface area contributed by atoms with Crippen LogP contribution < -0.4 is 11.5 Å². The summed E-state index contributed by atoms with van der Waals surface area (Å²) in [5, 5.41) is 23.3. The van der Waals surface area contributed by atoms with Gasteiger partial charge in [0.1, 0.15) is 0 Å². The Morgan fingerprint density at radius 2 is 0.855 bits per heavy atom. The summed E-state index contributed by atoms with van der Waals surface area (Å²) < 4.78 is 0. The second kappa shape index (κ2) is 19.8. The minimum Gasteiger partial charge on any atom is -0.398 e. The van der Waals surface area contributed by atoms with Crippen LogP contribution in [0.4, 0.5) is 11.4 Å². The number of carbonyl (C=O) groups is 4. The lowest BCUT2D eigenvalue weighted by atomic mass is 10.1. The van der Waals surface area contributed by atoms with Crippen molar-refractivity contribution in [1.82, 2.24) is 29.4 Å². The third-order valence-electron chi connectivity index (χ3n) is 11.9. The van der Waals surface area contributed by atoms with Gasteiger partial charge in [0.25, 0.3) is 23.6 Å². The van der Waals surface area contributed by atoms with Crippen molar-refractivity contribution in [2.24, 2.45) is 0 Å². The first-order valence-corrected chi connectivity index (χ1v) is 21.8. The number of β-amino-alcohol motifs (C(OH)–C–C–N with tert-alkyl or cyclic N) is 2. The Kier molecular flexibility index (Phi) is 14.5. The average Bonchev–Trinajstić information content (AvgIpc) is 3.86. The minimum atomic E-state index is -0.656. The second-order valence-corrected chi connectivity index (χ2v) is 17.5. The van der Waals surface area contributed by atoms with E-state index in [1.165, 1.54) is 0 Å². The Labute approximate surface area is 380 Å². The molecule has 14 nitrogen and oxygen atoms in total. The van der Waals surface area contributed by atoms with E-state index in [-0.39, 0.29) is 48.8 Å². The van der Waals surface area contributed by atoms with Crippen molar-refractivity contribution in [3.05, 3.63) is 127 Å². The van der Waals surface area contributed by atoms with Gasteiger partial charge in [0, 0.05) is 116 Å². The van der Waals surface area contributed by atoms with Gasteiger partial charge in [-0.3, -0.25) is 29.0 Å². The molecule has 0 bridgehead atoms. The number of piperazine rings is 2. The van der Waals surface area contributed by atoms with Gasteiger partial charge in [-0.25, -0.2) is 0 Å². The van der Waals surface area contributed by atoms with E-state index < -0.39 is 12.2 Å². The molecule has 4 saturated heterocycles. The SMILES string of the molecule is Nc1cc(C(=O)N2CC(O)C(N3CCN(C(=O)c4ccc(Cl)cc4)CC3)C2)ccc1Cl.Nc1cc(Cl)ccc1C(=O)N1CC(O)C(N2CCN(C(=O)c3ccc(Cl)cc3)CC2)C1. The zero-order valence-corrected chi connectivity index (χ0v) is 36.8. The lowest BCUT2D eigenvalue weighted by Crippen LogP contribution is -2.54. The molecule has 6 N–H and O–H groups in total. The first-order valence-electron chi connectivity index (χ1n) is 20.3. The van der Waals surface area contributed by atoms with Gasteiger partial charge in [0.05, 0.1) is 40.6 Å². The van der Waals surface area contributed by atoms with Crippen LogP contribution in [0.3, 0.4) is 0 Å². The topological polar surface area (TPSA) is 180 Å². The van der Waals surface area contributed by atoms with Crippen molar-refractivity contribution in [1.29, 1.82) is 0 Å². The van der Waals surface area contributed by atoms with Gasteiger partial charge in [0.2, 0.25) is 0 Å². The molecule has 4 atom stereocenters. The second-order valence-electron chi connectivity index (χ2n) is 15.8. The van der Waals surface area contributed by atoms with Crippen LogP contribution >= 0.6 is 46.4 Å². The summed E-state index contributed by atoms with van der Waals surface area (Å²) in [6.07, 6.45) is -1.30. The molecular weight excluding hydrogens is 878 g/mol. The highest BCUT2D eigenvalue weighted by Gasteiger charge is 2.41. The number of hydrogen-bond donors (Lipinski definition) is 4. The monoisotopic (exact) mass is 924 g/mol. The van der Waals surface area contributed by atoms with Gasteiger partial charge >= 0.3 is 0 Å². The highest BCUT2D eigenvalue weighted by Crippen LogP contribution is 2.27. The molecule has 4 amide bonds. The Balaban J connectivity index is 0.000000186. The standard InChI is InChI=1S/2C22H24Cl2N4O3/c23-16-4-1-14(2-5-16)21(30)27-9-7-26(8-10-27)19-12-28(13-20(19)29)22(31)15-3-6-17(24)18(25)11-15;23-15-3-1-14(2-4-15)21(30)27-9-7-26(8-10-27)19-12-28(13-20(19)29)22(31)17-6-5-16(24)11-18(17)25/h2*1-6,11,19-20,29H,7-10,12-13,25H2. The summed E-state index contributed by atoms with van der Waals surface area (Å²) in [6, 6.07) is 23.0. The predicted octanol–water partition coefficient (Wildman–Crippen LogP) is 4.44. The fraction of sp³-hybridized carbons (Fsp3) is 0.364. The first kappa shape index (κ1) is 45.4. The number of likely N-dealkylation sites (tertiary alicyclic amines) is 2. The molecule has 62 heavy (non-hydrogen) atoms. The van der Waals surface area contributed by atoms with Crippen LogP contribution in [0.1, 0.15) is 41.4 Å². The van der Waals surface area contributed by atoms with E-state index in [4.69, 9.17) is 57.9 Å². The molecule has 4 unspecified atom stereocenters. The molecular formula is C44H48Cl4N8O6.